The average Bonchev–Trinajstić information content (AvgIpc) is 2.43. The first-order valence-corrected chi connectivity index (χ1v) is 6.62. The Hall–Kier alpha value is -1.65. The van der Waals surface area contributed by atoms with E-state index in [0.29, 0.717) is 6.54 Å². The standard InChI is InChI=1S/C15H20N2O2/c1-19-9-5-4-8-16-11-13-10-12-6-2-3-7-14(12)17-15(13)18/h2-3,6-7,10,16H,4-5,8-9,11H2,1H3,(H,17,18). The first kappa shape index (κ1) is 13.8. The van der Waals surface area contributed by atoms with E-state index in [1.165, 1.54) is 0 Å². The fourth-order valence-electron chi connectivity index (χ4n) is 2.04. The number of para-hydroxylation sites is 1. The number of hydrogen-bond donors (Lipinski definition) is 2. The topological polar surface area (TPSA) is 54.1 Å². The lowest BCUT2D eigenvalue weighted by atomic mass is 10.1. The summed E-state index contributed by atoms with van der Waals surface area (Å²) in [6.45, 7) is 2.29. The molecule has 0 atom stereocenters. The highest BCUT2D eigenvalue weighted by molar-refractivity contribution is 5.78. The van der Waals surface area contributed by atoms with Crippen LogP contribution in [-0.2, 0) is 11.3 Å². The van der Waals surface area contributed by atoms with Crippen LogP contribution in [0.4, 0.5) is 0 Å². The van der Waals surface area contributed by atoms with Crippen LogP contribution in [0.2, 0.25) is 0 Å². The Kier molecular flexibility index (Phi) is 5.12. The molecule has 0 aliphatic rings. The Balaban J connectivity index is 1.93. The smallest absolute Gasteiger partial charge is 0.252 e. The molecule has 0 saturated carbocycles. The molecule has 2 aromatic rings. The molecule has 0 unspecified atom stereocenters. The molecule has 0 saturated heterocycles. The summed E-state index contributed by atoms with van der Waals surface area (Å²) in [5.41, 5.74) is 1.66. The molecule has 0 bridgehead atoms. The van der Waals surface area contributed by atoms with Gasteiger partial charge in [0.2, 0.25) is 0 Å². The molecule has 1 aromatic carbocycles. The monoisotopic (exact) mass is 260 g/mol. The molecule has 0 aliphatic heterocycles. The fourth-order valence-corrected chi connectivity index (χ4v) is 2.04. The number of ether oxygens (including phenoxy) is 1. The zero-order valence-electron chi connectivity index (χ0n) is 11.2. The molecule has 0 spiro atoms. The van der Waals surface area contributed by atoms with Gasteiger partial charge in [0.1, 0.15) is 0 Å². The number of hydrogen-bond acceptors (Lipinski definition) is 3. The molecule has 0 amide bonds. The van der Waals surface area contributed by atoms with Gasteiger partial charge in [-0.2, -0.15) is 0 Å². The average molecular weight is 260 g/mol. The number of pyridine rings is 1. The minimum atomic E-state index is -0.0110. The third kappa shape index (κ3) is 3.91. The maximum Gasteiger partial charge on any atom is 0.252 e. The van der Waals surface area contributed by atoms with E-state index in [-0.39, 0.29) is 5.56 Å². The van der Waals surface area contributed by atoms with Gasteiger partial charge in [0.25, 0.3) is 5.56 Å². The van der Waals surface area contributed by atoms with Crippen LogP contribution < -0.4 is 10.9 Å². The molecular formula is C15H20N2O2. The van der Waals surface area contributed by atoms with E-state index in [2.05, 4.69) is 10.3 Å². The lowest BCUT2D eigenvalue weighted by Gasteiger charge is -2.05. The molecule has 2 rings (SSSR count). The van der Waals surface area contributed by atoms with E-state index >= 15 is 0 Å². The molecule has 1 aromatic heterocycles. The van der Waals surface area contributed by atoms with Crippen molar-refractivity contribution in [3.8, 4) is 0 Å². The Morgan fingerprint density at radius 2 is 2.11 bits per heavy atom. The van der Waals surface area contributed by atoms with E-state index in [0.717, 1.165) is 42.5 Å². The van der Waals surface area contributed by atoms with Gasteiger partial charge in [0, 0.05) is 31.3 Å². The van der Waals surface area contributed by atoms with Crippen molar-refractivity contribution in [2.45, 2.75) is 19.4 Å². The number of unbranched alkanes of at least 4 members (excludes halogenated alkanes) is 1. The highest BCUT2D eigenvalue weighted by Crippen LogP contribution is 2.09. The normalized spacial score (nSPS) is 11.0. The van der Waals surface area contributed by atoms with Crippen LogP contribution in [0.3, 0.4) is 0 Å². The maximum absolute atomic E-state index is 11.9. The number of H-pyrrole nitrogens is 1. The molecule has 19 heavy (non-hydrogen) atoms. The Labute approximate surface area is 112 Å². The number of rotatable bonds is 7. The summed E-state index contributed by atoms with van der Waals surface area (Å²) in [5, 5.41) is 4.36. The van der Waals surface area contributed by atoms with Gasteiger partial charge in [-0.05, 0) is 36.9 Å². The van der Waals surface area contributed by atoms with E-state index in [1.54, 1.807) is 7.11 Å². The summed E-state index contributed by atoms with van der Waals surface area (Å²) in [7, 11) is 1.71. The number of benzene rings is 1. The van der Waals surface area contributed by atoms with Crippen molar-refractivity contribution in [1.82, 2.24) is 10.3 Å². The van der Waals surface area contributed by atoms with Gasteiger partial charge in [-0.15, -0.1) is 0 Å². The van der Waals surface area contributed by atoms with Crippen LogP contribution in [0.1, 0.15) is 18.4 Å². The van der Waals surface area contributed by atoms with E-state index < -0.39 is 0 Å². The number of aromatic amines is 1. The van der Waals surface area contributed by atoms with Crippen molar-refractivity contribution in [2.24, 2.45) is 0 Å². The molecule has 102 valence electrons. The highest BCUT2D eigenvalue weighted by atomic mass is 16.5. The molecule has 2 N–H and O–H groups in total. The van der Waals surface area contributed by atoms with E-state index in [4.69, 9.17) is 4.74 Å². The summed E-state index contributed by atoms with van der Waals surface area (Å²) < 4.78 is 4.99. The van der Waals surface area contributed by atoms with Gasteiger partial charge in [0.05, 0.1) is 0 Å². The van der Waals surface area contributed by atoms with Crippen molar-refractivity contribution in [3.63, 3.8) is 0 Å². The quantitative estimate of drug-likeness (QED) is 0.749. The van der Waals surface area contributed by atoms with E-state index in [1.807, 2.05) is 30.3 Å². The zero-order valence-corrected chi connectivity index (χ0v) is 11.2. The SMILES string of the molecule is COCCCCNCc1cc2ccccc2[nH]c1=O. The molecule has 0 fully saturated rings. The lowest BCUT2D eigenvalue weighted by molar-refractivity contribution is 0.192. The van der Waals surface area contributed by atoms with Gasteiger partial charge < -0.3 is 15.0 Å². The molecule has 4 heteroatoms. The second-order valence-corrected chi connectivity index (χ2v) is 4.59. The number of fused-ring (bicyclic) bond motifs is 1. The van der Waals surface area contributed by atoms with Crippen LogP contribution in [0.15, 0.2) is 35.1 Å². The van der Waals surface area contributed by atoms with Crippen molar-refractivity contribution in [2.75, 3.05) is 20.3 Å². The van der Waals surface area contributed by atoms with Gasteiger partial charge >= 0.3 is 0 Å². The van der Waals surface area contributed by atoms with Crippen molar-refractivity contribution >= 4 is 10.9 Å². The Morgan fingerprint density at radius 3 is 2.95 bits per heavy atom. The van der Waals surface area contributed by atoms with Crippen LogP contribution in [0.5, 0.6) is 0 Å². The van der Waals surface area contributed by atoms with Gasteiger partial charge in [0.15, 0.2) is 0 Å². The largest absolute Gasteiger partial charge is 0.385 e. The first-order chi connectivity index (χ1) is 9.31. The molecule has 4 nitrogen and oxygen atoms in total. The fraction of sp³-hybridized carbons (Fsp3) is 0.400. The highest BCUT2D eigenvalue weighted by Gasteiger charge is 2.01. The predicted molar refractivity (Wildman–Crippen MR) is 77.4 cm³/mol. The molecule has 0 radical (unpaired) electrons. The number of methoxy groups -OCH3 is 1. The van der Waals surface area contributed by atoms with Crippen molar-refractivity contribution < 1.29 is 4.74 Å². The summed E-state index contributed by atoms with van der Waals surface area (Å²) in [6.07, 6.45) is 2.09. The molecular weight excluding hydrogens is 240 g/mol. The maximum atomic E-state index is 11.9. The van der Waals surface area contributed by atoms with Gasteiger partial charge in [-0.3, -0.25) is 4.79 Å². The summed E-state index contributed by atoms with van der Waals surface area (Å²) in [4.78, 5) is 14.8. The molecule has 0 aliphatic carbocycles. The van der Waals surface area contributed by atoms with Crippen LogP contribution >= 0.6 is 0 Å². The molecule has 1 heterocycles. The van der Waals surface area contributed by atoms with E-state index in [9.17, 15) is 4.79 Å². The Morgan fingerprint density at radius 1 is 1.26 bits per heavy atom. The Bertz CT molecular complexity index is 578. The van der Waals surface area contributed by atoms with Gasteiger partial charge in [-0.25, -0.2) is 0 Å². The summed E-state index contributed by atoms with van der Waals surface area (Å²) >= 11 is 0. The predicted octanol–water partition coefficient (Wildman–Crippen LogP) is 2.04. The van der Waals surface area contributed by atoms with Crippen LogP contribution in [-0.4, -0.2) is 25.2 Å². The van der Waals surface area contributed by atoms with Crippen LogP contribution in [0, 0.1) is 0 Å². The van der Waals surface area contributed by atoms with Gasteiger partial charge in [-0.1, -0.05) is 18.2 Å². The number of aromatic nitrogens is 1. The van der Waals surface area contributed by atoms with Crippen molar-refractivity contribution in [1.29, 1.82) is 0 Å². The zero-order chi connectivity index (χ0) is 13.5. The third-order valence-electron chi connectivity index (χ3n) is 3.10. The minimum absolute atomic E-state index is 0.0110. The third-order valence-corrected chi connectivity index (χ3v) is 3.10. The summed E-state index contributed by atoms with van der Waals surface area (Å²) in [5.74, 6) is 0. The first-order valence-electron chi connectivity index (χ1n) is 6.62. The number of nitrogens with one attached hydrogen (secondary N) is 2. The lowest BCUT2D eigenvalue weighted by Crippen LogP contribution is -2.22. The second-order valence-electron chi connectivity index (χ2n) is 4.59. The van der Waals surface area contributed by atoms with Crippen LogP contribution in [0.25, 0.3) is 10.9 Å². The second kappa shape index (κ2) is 7.07. The summed E-state index contributed by atoms with van der Waals surface area (Å²) in [6, 6.07) is 9.77. The van der Waals surface area contributed by atoms with Crippen molar-refractivity contribution in [3.05, 3.63) is 46.2 Å². The minimum Gasteiger partial charge on any atom is -0.385 e.